The lowest BCUT2D eigenvalue weighted by Gasteiger charge is -2.36. The molecule has 2 bridgehead atoms. The van der Waals surface area contributed by atoms with Gasteiger partial charge < -0.3 is 20.3 Å². The summed E-state index contributed by atoms with van der Waals surface area (Å²) in [7, 11) is 1.64. The summed E-state index contributed by atoms with van der Waals surface area (Å²) in [6, 6.07) is 8.33. The van der Waals surface area contributed by atoms with Gasteiger partial charge in [0, 0.05) is 19.4 Å². The molecular formula is C18H26N3O3+. The van der Waals surface area contributed by atoms with Crippen molar-refractivity contribution in [3.8, 4) is 5.75 Å². The number of fused-ring (bicyclic) bond motifs is 2. The molecule has 2 heterocycles. The quantitative estimate of drug-likeness (QED) is 0.689. The van der Waals surface area contributed by atoms with Crippen LogP contribution in [0.15, 0.2) is 24.3 Å². The second kappa shape index (κ2) is 7.66. The molecule has 0 saturated carbocycles. The lowest BCUT2D eigenvalue weighted by molar-refractivity contribution is -0.945. The molecule has 6 heteroatoms. The molecule has 6 nitrogen and oxygen atoms in total. The molecule has 3 rings (SSSR count). The zero-order valence-electron chi connectivity index (χ0n) is 14.1. The average Bonchev–Trinajstić information content (AvgIpc) is 2.68. The molecule has 1 aromatic carbocycles. The van der Waals surface area contributed by atoms with E-state index >= 15 is 0 Å². The number of nitrogens with one attached hydrogen (secondary N) is 3. The molecule has 0 radical (unpaired) electrons. The maximum Gasteiger partial charge on any atom is 0.275 e. The van der Waals surface area contributed by atoms with Crippen LogP contribution in [0.25, 0.3) is 0 Å². The first-order chi connectivity index (χ1) is 11.7. The Morgan fingerprint density at radius 3 is 2.79 bits per heavy atom. The Labute approximate surface area is 142 Å². The highest BCUT2D eigenvalue weighted by Gasteiger charge is 2.39. The molecule has 0 aliphatic carbocycles. The van der Waals surface area contributed by atoms with Gasteiger partial charge in [-0.25, -0.2) is 0 Å². The second-order valence-electron chi connectivity index (χ2n) is 6.71. The van der Waals surface area contributed by atoms with Gasteiger partial charge in [-0.15, -0.1) is 0 Å². The summed E-state index contributed by atoms with van der Waals surface area (Å²) < 4.78 is 5.13. The first-order valence-electron chi connectivity index (χ1n) is 8.67. The highest BCUT2D eigenvalue weighted by atomic mass is 16.5. The van der Waals surface area contributed by atoms with Gasteiger partial charge in [0.1, 0.15) is 11.8 Å². The van der Waals surface area contributed by atoms with Crippen LogP contribution in [0.4, 0.5) is 0 Å². The summed E-state index contributed by atoms with van der Waals surface area (Å²) in [4.78, 5) is 25.4. The van der Waals surface area contributed by atoms with Gasteiger partial charge in [-0.3, -0.25) is 9.59 Å². The van der Waals surface area contributed by atoms with E-state index < -0.39 is 0 Å². The minimum absolute atomic E-state index is 0.0482. The largest absolute Gasteiger partial charge is 0.497 e. The molecule has 130 valence electrons. The van der Waals surface area contributed by atoms with E-state index in [0.29, 0.717) is 32.1 Å². The number of carbonyl (C=O) groups is 2. The Hall–Kier alpha value is -2.08. The molecule has 2 amide bonds. The average molecular weight is 332 g/mol. The predicted octanol–water partition coefficient (Wildman–Crippen LogP) is -0.363. The van der Waals surface area contributed by atoms with Crippen LogP contribution in [0.3, 0.4) is 0 Å². The van der Waals surface area contributed by atoms with Crippen LogP contribution in [0.1, 0.15) is 31.2 Å². The molecule has 24 heavy (non-hydrogen) atoms. The first-order valence-corrected chi connectivity index (χ1v) is 8.67. The van der Waals surface area contributed by atoms with Gasteiger partial charge in [-0.05, 0) is 24.1 Å². The molecule has 2 aliphatic rings. The standard InChI is InChI=1S/C18H25N3O3/c1-24-16-7-5-13(6-8-16)10-19-18(23)12-21-14-3-2-4-15(21)11-20-17(22)9-14/h5-8,14-15H,2-4,9-12H2,1H3,(H,19,23)(H,20,22)/p+1/t14-,15+/m0/s1. The van der Waals surface area contributed by atoms with Crippen LogP contribution in [-0.4, -0.2) is 44.1 Å². The van der Waals surface area contributed by atoms with Gasteiger partial charge in [0.15, 0.2) is 6.54 Å². The summed E-state index contributed by atoms with van der Waals surface area (Å²) in [5.41, 5.74) is 1.05. The van der Waals surface area contributed by atoms with Crippen molar-refractivity contribution in [1.29, 1.82) is 0 Å². The van der Waals surface area contributed by atoms with Gasteiger partial charge in [-0.1, -0.05) is 12.1 Å². The fourth-order valence-corrected chi connectivity index (χ4v) is 3.79. The zero-order valence-corrected chi connectivity index (χ0v) is 14.1. The normalized spacial score (nSPS) is 26.2. The maximum absolute atomic E-state index is 12.4. The summed E-state index contributed by atoms with van der Waals surface area (Å²) in [5.74, 6) is 0.983. The third kappa shape index (κ3) is 4.06. The Kier molecular flexibility index (Phi) is 5.35. The molecule has 1 aromatic rings. The van der Waals surface area contributed by atoms with Crippen LogP contribution in [0.2, 0.25) is 0 Å². The van der Waals surface area contributed by atoms with Crippen molar-refractivity contribution in [2.24, 2.45) is 0 Å². The lowest BCUT2D eigenvalue weighted by Crippen LogP contribution is -3.21. The van der Waals surface area contributed by atoms with Crippen molar-refractivity contribution in [1.82, 2.24) is 10.6 Å². The lowest BCUT2D eigenvalue weighted by atomic mass is 9.94. The molecule has 3 atom stereocenters. The number of quaternary nitrogens is 1. The Morgan fingerprint density at radius 2 is 2.04 bits per heavy atom. The van der Waals surface area contributed by atoms with E-state index in [2.05, 4.69) is 10.6 Å². The number of amides is 2. The van der Waals surface area contributed by atoms with E-state index in [1.54, 1.807) is 7.11 Å². The number of benzene rings is 1. The number of ether oxygens (including phenoxy) is 1. The fourth-order valence-electron chi connectivity index (χ4n) is 3.79. The van der Waals surface area contributed by atoms with Crippen LogP contribution in [0.5, 0.6) is 5.75 Å². The van der Waals surface area contributed by atoms with Crippen molar-refractivity contribution in [2.75, 3.05) is 20.2 Å². The Bertz CT molecular complexity index is 588. The fraction of sp³-hybridized carbons (Fsp3) is 0.556. The predicted molar refractivity (Wildman–Crippen MR) is 89.7 cm³/mol. The highest BCUT2D eigenvalue weighted by molar-refractivity contribution is 5.78. The van der Waals surface area contributed by atoms with Crippen molar-refractivity contribution in [3.63, 3.8) is 0 Å². The number of carbonyl (C=O) groups excluding carboxylic acids is 2. The molecule has 2 aliphatic heterocycles. The van der Waals surface area contributed by atoms with E-state index in [1.165, 1.54) is 4.90 Å². The minimum atomic E-state index is 0.0482. The van der Waals surface area contributed by atoms with E-state index in [1.807, 2.05) is 24.3 Å². The molecule has 1 unspecified atom stereocenters. The number of hydrogen-bond acceptors (Lipinski definition) is 3. The van der Waals surface area contributed by atoms with Crippen LogP contribution in [-0.2, 0) is 16.1 Å². The summed E-state index contributed by atoms with van der Waals surface area (Å²) in [5, 5.41) is 5.98. The topological polar surface area (TPSA) is 71.9 Å². The van der Waals surface area contributed by atoms with Crippen molar-refractivity contribution in [3.05, 3.63) is 29.8 Å². The molecule has 0 aromatic heterocycles. The van der Waals surface area contributed by atoms with E-state index in [4.69, 9.17) is 4.74 Å². The zero-order chi connectivity index (χ0) is 16.9. The highest BCUT2D eigenvalue weighted by Crippen LogP contribution is 2.13. The first kappa shape index (κ1) is 16.8. The third-order valence-electron chi connectivity index (χ3n) is 5.14. The number of piperidine rings is 1. The van der Waals surface area contributed by atoms with Crippen molar-refractivity contribution in [2.45, 2.75) is 44.3 Å². The van der Waals surface area contributed by atoms with Crippen LogP contribution in [0, 0.1) is 0 Å². The Morgan fingerprint density at radius 1 is 1.29 bits per heavy atom. The van der Waals surface area contributed by atoms with Gasteiger partial charge >= 0.3 is 0 Å². The SMILES string of the molecule is COc1ccc(CNC(=O)C[NH+]2[C@@H]3CCC[C@H]2CC(=O)NC3)cc1. The van der Waals surface area contributed by atoms with Gasteiger partial charge in [0.25, 0.3) is 5.91 Å². The number of rotatable bonds is 5. The maximum atomic E-state index is 12.4. The summed E-state index contributed by atoms with van der Waals surface area (Å²) >= 11 is 0. The van der Waals surface area contributed by atoms with Crippen molar-refractivity contribution < 1.29 is 19.2 Å². The molecule has 2 fully saturated rings. The van der Waals surface area contributed by atoms with Gasteiger partial charge in [-0.2, -0.15) is 0 Å². The monoisotopic (exact) mass is 332 g/mol. The summed E-state index contributed by atoms with van der Waals surface area (Å²) in [6.07, 6.45) is 3.81. The molecular weight excluding hydrogens is 306 g/mol. The van der Waals surface area contributed by atoms with Crippen molar-refractivity contribution >= 4 is 11.8 Å². The third-order valence-corrected chi connectivity index (χ3v) is 5.14. The van der Waals surface area contributed by atoms with Crippen LogP contribution < -0.4 is 20.3 Å². The minimum Gasteiger partial charge on any atom is -0.497 e. The van der Waals surface area contributed by atoms with Crippen LogP contribution >= 0.6 is 0 Å². The number of hydrogen-bond donors (Lipinski definition) is 3. The van der Waals surface area contributed by atoms with E-state index in [9.17, 15) is 9.59 Å². The molecule has 0 spiro atoms. The van der Waals surface area contributed by atoms with E-state index in [0.717, 1.165) is 30.6 Å². The number of methoxy groups -OCH3 is 1. The Balaban J connectivity index is 1.54. The van der Waals surface area contributed by atoms with Gasteiger partial charge in [0.05, 0.1) is 26.1 Å². The molecule has 3 N–H and O–H groups in total. The summed E-state index contributed by atoms with van der Waals surface area (Å²) in [6.45, 7) is 1.65. The van der Waals surface area contributed by atoms with E-state index in [-0.39, 0.29) is 17.9 Å². The second-order valence-corrected chi connectivity index (χ2v) is 6.71. The molecule has 2 saturated heterocycles. The van der Waals surface area contributed by atoms with Gasteiger partial charge in [0.2, 0.25) is 5.91 Å². The smallest absolute Gasteiger partial charge is 0.275 e.